The van der Waals surface area contributed by atoms with E-state index in [1.54, 1.807) is 61.6 Å². The second-order valence-electron chi connectivity index (χ2n) is 8.90. The van der Waals surface area contributed by atoms with Crippen LogP contribution in [-0.4, -0.2) is 28.1 Å². The van der Waals surface area contributed by atoms with Gasteiger partial charge < -0.3 is 15.6 Å². The number of quaternary nitrogens is 1. The van der Waals surface area contributed by atoms with Gasteiger partial charge in [0.25, 0.3) is 5.56 Å². The van der Waals surface area contributed by atoms with Crippen LogP contribution in [0.2, 0.25) is 5.02 Å². The lowest BCUT2D eigenvalue weighted by Gasteiger charge is -2.24. The number of para-hydroxylation sites is 1. The van der Waals surface area contributed by atoms with E-state index in [0.29, 0.717) is 32.9 Å². The molecule has 0 aliphatic heterocycles. The lowest BCUT2D eigenvalue weighted by molar-refractivity contribution is -0.741. The number of likely N-dealkylation sites (N-methyl/N-ethyl adjacent to an activating group) is 1. The van der Waals surface area contributed by atoms with Gasteiger partial charge in [0.15, 0.2) is 0 Å². The van der Waals surface area contributed by atoms with Crippen LogP contribution >= 0.6 is 11.6 Å². The Hall–Kier alpha value is -3.98. The van der Waals surface area contributed by atoms with Crippen LogP contribution in [0.5, 0.6) is 0 Å². The van der Waals surface area contributed by atoms with Gasteiger partial charge in [0.2, 0.25) is 0 Å². The topological polar surface area (TPSA) is 101 Å². The molecule has 9 heteroatoms. The highest BCUT2D eigenvalue weighted by atomic mass is 35.5. The molecule has 0 saturated heterocycles. The van der Waals surface area contributed by atoms with E-state index < -0.39 is 28.3 Å². The van der Waals surface area contributed by atoms with E-state index in [1.807, 2.05) is 19.1 Å². The number of aromatic nitrogens is 2. The molecule has 1 aromatic heterocycles. The summed E-state index contributed by atoms with van der Waals surface area (Å²) < 4.78 is 2.54. The minimum Gasteiger partial charge on any atom is -0.627 e. The molecule has 1 heterocycles. The van der Waals surface area contributed by atoms with Gasteiger partial charge in [-0.25, -0.2) is 14.2 Å². The van der Waals surface area contributed by atoms with Crippen molar-refractivity contribution in [2.75, 3.05) is 7.05 Å². The van der Waals surface area contributed by atoms with Crippen LogP contribution in [0.4, 0.5) is 0 Å². The average Bonchev–Trinajstić information content (AvgIpc) is 2.87. The van der Waals surface area contributed by atoms with E-state index in [1.165, 1.54) is 11.6 Å². The molecule has 4 rings (SSSR count). The van der Waals surface area contributed by atoms with E-state index in [2.05, 4.69) is 11.9 Å². The number of amides is 1. The first-order valence-corrected chi connectivity index (χ1v) is 12.0. The molecule has 1 amide bonds. The predicted molar refractivity (Wildman–Crippen MR) is 146 cm³/mol. The monoisotopic (exact) mass is 518 g/mol. The number of hydroxylamine groups is 2. The van der Waals surface area contributed by atoms with E-state index in [9.17, 15) is 19.6 Å². The first-order chi connectivity index (χ1) is 17.6. The van der Waals surface area contributed by atoms with Crippen LogP contribution in [0.3, 0.4) is 0 Å². The smallest absolute Gasteiger partial charge is 0.335 e. The molecule has 2 N–H and O–H groups in total. The predicted octanol–water partition coefficient (Wildman–Crippen LogP) is 2.36. The van der Waals surface area contributed by atoms with Crippen LogP contribution in [0.25, 0.3) is 22.3 Å². The van der Waals surface area contributed by atoms with Crippen molar-refractivity contribution in [2.45, 2.75) is 19.4 Å². The highest BCUT2D eigenvalue weighted by molar-refractivity contribution is 6.32. The Morgan fingerprint density at radius 2 is 1.76 bits per heavy atom. The van der Waals surface area contributed by atoms with Gasteiger partial charge in [-0.2, -0.15) is 0 Å². The first-order valence-electron chi connectivity index (χ1n) is 11.7. The quantitative estimate of drug-likeness (QED) is 0.366. The number of carbonyl (C=O) groups excluding carboxylic acids is 1. The van der Waals surface area contributed by atoms with Gasteiger partial charge in [-0.15, -0.1) is 0 Å². The van der Waals surface area contributed by atoms with Crippen LogP contribution in [0.1, 0.15) is 16.7 Å². The van der Waals surface area contributed by atoms with Crippen molar-refractivity contribution in [3.05, 3.63) is 121 Å². The normalized spacial score (nSPS) is 12.8. The highest BCUT2D eigenvalue weighted by Gasteiger charge is 2.25. The van der Waals surface area contributed by atoms with Crippen molar-refractivity contribution in [3.63, 3.8) is 0 Å². The number of carbonyl (C=O) groups is 1. The lowest BCUT2D eigenvalue weighted by Crippen LogP contribution is -3.08. The number of fused-ring (bicyclic) bond motifs is 1. The van der Waals surface area contributed by atoms with Crippen molar-refractivity contribution >= 4 is 34.1 Å². The van der Waals surface area contributed by atoms with Crippen molar-refractivity contribution in [1.82, 2.24) is 14.5 Å². The summed E-state index contributed by atoms with van der Waals surface area (Å²) in [6, 6.07) is 18.2. The lowest BCUT2D eigenvalue weighted by atomic mass is 10.0. The summed E-state index contributed by atoms with van der Waals surface area (Å²) in [6.07, 6.45) is 0.186. The van der Waals surface area contributed by atoms with Gasteiger partial charge in [0, 0.05) is 24.7 Å². The number of benzene rings is 3. The molecule has 2 atom stereocenters. The molecule has 8 nitrogen and oxygen atoms in total. The minimum absolute atomic E-state index is 0.186. The molecule has 4 aromatic rings. The molecular formula is C28H27ClN4O4. The molecule has 0 radical (unpaired) electrons. The largest absolute Gasteiger partial charge is 0.627 e. The van der Waals surface area contributed by atoms with Crippen LogP contribution < -0.4 is 21.6 Å². The SMILES string of the molecule is C=C(NC(Cc1ccc(-n2c(=O)c3ccccc3n(C)c2=O)cc1)C(=O)[NH+](C)[O-])c1c(C)cccc1Cl. The zero-order chi connectivity index (χ0) is 26.9. The van der Waals surface area contributed by atoms with E-state index in [-0.39, 0.29) is 6.42 Å². The zero-order valence-corrected chi connectivity index (χ0v) is 21.5. The van der Waals surface area contributed by atoms with Gasteiger partial charge in [-0.05, 0) is 48.4 Å². The molecule has 37 heavy (non-hydrogen) atoms. The summed E-state index contributed by atoms with van der Waals surface area (Å²) in [7, 11) is 2.84. The molecule has 190 valence electrons. The standard InChI is InChI=1S/C28H27ClN4O4/c1-17-8-7-10-22(29)25(17)18(2)30-23(27(35)32(4)37)16-19-12-14-20(15-13-19)33-26(34)21-9-5-6-11-24(21)31(3)28(33)36/h5-15,23,30,32H,2,16H2,1,3-4H3. The maximum absolute atomic E-state index is 13.1. The zero-order valence-electron chi connectivity index (χ0n) is 20.7. The molecule has 0 aliphatic rings. The van der Waals surface area contributed by atoms with Crippen LogP contribution in [0, 0.1) is 12.1 Å². The van der Waals surface area contributed by atoms with Gasteiger partial charge in [0.1, 0.15) is 6.04 Å². The van der Waals surface area contributed by atoms with Crippen molar-refractivity contribution < 1.29 is 9.86 Å². The Balaban J connectivity index is 1.65. The van der Waals surface area contributed by atoms with Crippen molar-refractivity contribution in [1.29, 1.82) is 0 Å². The van der Waals surface area contributed by atoms with Gasteiger partial charge >= 0.3 is 11.6 Å². The Kier molecular flexibility index (Phi) is 7.45. The molecule has 0 spiro atoms. The maximum atomic E-state index is 13.1. The van der Waals surface area contributed by atoms with Crippen LogP contribution in [-0.2, 0) is 18.3 Å². The molecule has 2 unspecified atom stereocenters. The third-order valence-electron chi connectivity index (χ3n) is 6.35. The number of halogens is 1. The molecule has 0 aliphatic carbocycles. The van der Waals surface area contributed by atoms with Crippen molar-refractivity contribution in [3.8, 4) is 5.69 Å². The summed E-state index contributed by atoms with van der Waals surface area (Å²) in [6.45, 7) is 5.92. The fraction of sp³-hybridized carbons (Fsp3) is 0.179. The van der Waals surface area contributed by atoms with Gasteiger partial charge in [0.05, 0.1) is 28.7 Å². The Labute approximate surface area is 218 Å². The first kappa shape index (κ1) is 26.1. The Morgan fingerprint density at radius 1 is 1.08 bits per heavy atom. The van der Waals surface area contributed by atoms with Crippen molar-refractivity contribution in [2.24, 2.45) is 7.05 Å². The summed E-state index contributed by atoms with van der Waals surface area (Å²) in [4.78, 5) is 38.8. The molecule has 0 saturated carbocycles. The molecule has 3 aromatic carbocycles. The van der Waals surface area contributed by atoms with E-state index >= 15 is 0 Å². The minimum atomic E-state index is -0.872. The van der Waals surface area contributed by atoms with Gasteiger partial charge in [-0.3, -0.25) is 9.36 Å². The number of aryl methyl sites for hydroxylation is 2. The summed E-state index contributed by atoms with van der Waals surface area (Å²) in [5.41, 5.74) is 2.79. The highest BCUT2D eigenvalue weighted by Crippen LogP contribution is 2.25. The summed E-state index contributed by atoms with van der Waals surface area (Å²) >= 11 is 6.35. The number of nitrogens with zero attached hydrogens (tertiary/aromatic N) is 2. The van der Waals surface area contributed by atoms with E-state index in [4.69, 9.17) is 11.6 Å². The number of hydrogen-bond donors (Lipinski definition) is 2. The van der Waals surface area contributed by atoms with Gasteiger partial charge in [-0.1, -0.05) is 54.6 Å². The number of rotatable bonds is 7. The summed E-state index contributed by atoms with van der Waals surface area (Å²) in [5, 5.41) is 15.4. The fourth-order valence-electron chi connectivity index (χ4n) is 4.40. The summed E-state index contributed by atoms with van der Waals surface area (Å²) in [5.74, 6) is -0.588. The number of nitrogens with one attached hydrogen (secondary N) is 2. The average molecular weight is 519 g/mol. The maximum Gasteiger partial charge on any atom is 0.335 e. The second-order valence-corrected chi connectivity index (χ2v) is 9.30. The van der Waals surface area contributed by atoms with E-state index in [0.717, 1.165) is 15.7 Å². The molecular weight excluding hydrogens is 492 g/mol. The third-order valence-corrected chi connectivity index (χ3v) is 6.66. The molecule has 0 fully saturated rings. The fourth-order valence-corrected chi connectivity index (χ4v) is 4.74. The number of hydrogen-bond acceptors (Lipinski definition) is 5. The Bertz CT molecular complexity index is 1600. The third kappa shape index (κ3) is 5.13. The van der Waals surface area contributed by atoms with Crippen LogP contribution in [0.15, 0.2) is 82.9 Å². The second kappa shape index (κ2) is 10.6. The molecule has 0 bridgehead atoms. The Morgan fingerprint density at radius 3 is 2.41 bits per heavy atom.